The standard InChI is InChI=1S/C15H26N4O/c1-17-6-7-20-13-15(11-17)4-3-5-19(12-15)10-14-8-16-18(2)9-14/h8-9H,3-7,10-13H2,1-2H3. The average Bonchev–Trinajstić information content (AvgIpc) is 2.72. The Kier molecular flexibility index (Phi) is 4.10. The van der Waals surface area contributed by atoms with E-state index in [1.807, 2.05) is 17.9 Å². The summed E-state index contributed by atoms with van der Waals surface area (Å²) in [5.41, 5.74) is 1.64. The number of likely N-dealkylation sites (N-methyl/N-ethyl adjacent to an activating group) is 1. The van der Waals surface area contributed by atoms with E-state index in [0.29, 0.717) is 5.41 Å². The summed E-state index contributed by atoms with van der Waals surface area (Å²) in [6.07, 6.45) is 6.67. The van der Waals surface area contributed by atoms with Gasteiger partial charge in [-0.15, -0.1) is 0 Å². The lowest BCUT2D eigenvalue weighted by molar-refractivity contribution is 0.00449. The fourth-order valence-electron chi connectivity index (χ4n) is 3.71. The highest BCUT2D eigenvalue weighted by molar-refractivity contribution is 5.04. The van der Waals surface area contributed by atoms with E-state index < -0.39 is 0 Å². The van der Waals surface area contributed by atoms with Gasteiger partial charge >= 0.3 is 0 Å². The smallest absolute Gasteiger partial charge is 0.0593 e. The zero-order valence-electron chi connectivity index (χ0n) is 12.7. The van der Waals surface area contributed by atoms with Crippen molar-refractivity contribution in [3.63, 3.8) is 0 Å². The molecule has 0 saturated carbocycles. The maximum absolute atomic E-state index is 5.88. The molecule has 3 rings (SSSR count). The van der Waals surface area contributed by atoms with E-state index in [4.69, 9.17) is 4.74 Å². The molecule has 0 aromatic carbocycles. The van der Waals surface area contributed by atoms with Gasteiger partial charge in [0.25, 0.3) is 0 Å². The lowest BCUT2D eigenvalue weighted by Crippen LogP contribution is -2.49. The summed E-state index contributed by atoms with van der Waals surface area (Å²) >= 11 is 0. The third-order valence-corrected chi connectivity index (χ3v) is 4.54. The van der Waals surface area contributed by atoms with E-state index in [1.54, 1.807) is 0 Å². The second-order valence-electron chi connectivity index (χ2n) is 6.63. The summed E-state index contributed by atoms with van der Waals surface area (Å²) in [4.78, 5) is 5.00. The monoisotopic (exact) mass is 278 g/mol. The highest BCUT2D eigenvalue weighted by Gasteiger charge is 2.38. The van der Waals surface area contributed by atoms with Gasteiger partial charge in [0.1, 0.15) is 0 Å². The zero-order valence-corrected chi connectivity index (χ0v) is 12.7. The molecule has 0 bridgehead atoms. The largest absolute Gasteiger partial charge is 0.379 e. The Labute approximate surface area is 121 Å². The quantitative estimate of drug-likeness (QED) is 0.807. The molecule has 2 saturated heterocycles. The van der Waals surface area contributed by atoms with Gasteiger partial charge in [-0.25, -0.2) is 0 Å². The van der Waals surface area contributed by atoms with Gasteiger partial charge in [0.2, 0.25) is 0 Å². The summed E-state index contributed by atoms with van der Waals surface area (Å²) in [5.74, 6) is 0. The van der Waals surface area contributed by atoms with Gasteiger partial charge < -0.3 is 9.64 Å². The average molecular weight is 278 g/mol. The molecule has 5 heteroatoms. The molecule has 0 aliphatic carbocycles. The number of piperidine rings is 1. The fourth-order valence-corrected chi connectivity index (χ4v) is 3.71. The number of hydrogen-bond acceptors (Lipinski definition) is 4. The van der Waals surface area contributed by atoms with Crippen LogP contribution in [0.4, 0.5) is 0 Å². The molecule has 2 fully saturated rings. The van der Waals surface area contributed by atoms with E-state index >= 15 is 0 Å². The van der Waals surface area contributed by atoms with Crippen molar-refractivity contribution in [3.8, 4) is 0 Å². The van der Waals surface area contributed by atoms with E-state index in [2.05, 4.69) is 28.1 Å². The number of hydrogen-bond donors (Lipinski definition) is 0. The van der Waals surface area contributed by atoms with E-state index in [9.17, 15) is 0 Å². The minimum atomic E-state index is 0.325. The van der Waals surface area contributed by atoms with Crippen LogP contribution in [0, 0.1) is 5.41 Å². The van der Waals surface area contributed by atoms with Crippen LogP contribution in [0.5, 0.6) is 0 Å². The van der Waals surface area contributed by atoms with E-state index in [1.165, 1.54) is 24.9 Å². The minimum Gasteiger partial charge on any atom is -0.379 e. The molecule has 20 heavy (non-hydrogen) atoms. The summed E-state index contributed by atoms with van der Waals surface area (Å²) < 4.78 is 7.76. The lowest BCUT2D eigenvalue weighted by atomic mass is 9.80. The Morgan fingerprint density at radius 3 is 3.00 bits per heavy atom. The summed E-state index contributed by atoms with van der Waals surface area (Å²) in [6, 6.07) is 0. The zero-order chi connectivity index (χ0) is 14.0. The molecule has 1 atom stereocenters. The predicted molar refractivity (Wildman–Crippen MR) is 78.5 cm³/mol. The molecule has 3 heterocycles. The molecule has 1 spiro atoms. The first kappa shape index (κ1) is 14.0. The first-order valence-corrected chi connectivity index (χ1v) is 7.61. The van der Waals surface area contributed by atoms with Gasteiger partial charge in [-0.2, -0.15) is 5.10 Å². The molecular formula is C15H26N4O. The van der Waals surface area contributed by atoms with Crippen molar-refractivity contribution in [1.29, 1.82) is 0 Å². The number of nitrogens with zero attached hydrogens (tertiary/aromatic N) is 4. The maximum Gasteiger partial charge on any atom is 0.0593 e. The number of aromatic nitrogens is 2. The molecule has 0 radical (unpaired) electrons. The molecule has 112 valence electrons. The van der Waals surface area contributed by atoms with Crippen molar-refractivity contribution in [2.45, 2.75) is 19.4 Å². The van der Waals surface area contributed by atoms with E-state index in [0.717, 1.165) is 39.4 Å². The molecule has 2 aliphatic rings. The normalized spacial score (nSPS) is 29.7. The number of aryl methyl sites for hydroxylation is 1. The molecule has 0 N–H and O–H groups in total. The number of rotatable bonds is 2. The third-order valence-electron chi connectivity index (χ3n) is 4.54. The van der Waals surface area contributed by atoms with Crippen LogP contribution in [0.1, 0.15) is 18.4 Å². The fraction of sp³-hybridized carbons (Fsp3) is 0.800. The Bertz CT molecular complexity index is 447. The van der Waals surface area contributed by atoms with Crippen LogP contribution >= 0.6 is 0 Å². The van der Waals surface area contributed by atoms with Crippen LogP contribution in [-0.2, 0) is 18.3 Å². The van der Waals surface area contributed by atoms with Crippen LogP contribution in [0.2, 0.25) is 0 Å². The second kappa shape index (κ2) is 5.84. The molecule has 5 nitrogen and oxygen atoms in total. The highest BCUT2D eigenvalue weighted by atomic mass is 16.5. The van der Waals surface area contributed by atoms with Gasteiger partial charge in [0.05, 0.1) is 19.4 Å². The summed E-state index contributed by atoms with van der Waals surface area (Å²) in [5, 5.41) is 4.27. The molecular weight excluding hydrogens is 252 g/mol. The van der Waals surface area contributed by atoms with E-state index in [-0.39, 0.29) is 0 Å². The minimum absolute atomic E-state index is 0.325. The van der Waals surface area contributed by atoms with Crippen LogP contribution in [0.3, 0.4) is 0 Å². The van der Waals surface area contributed by atoms with Crippen LogP contribution < -0.4 is 0 Å². The summed E-state index contributed by atoms with van der Waals surface area (Å²) in [7, 11) is 4.20. The van der Waals surface area contributed by atoms with Crippen LogP contribution in [0.15, 0.2) is 12.4 Å². The number of ether oxygens (including phenoxy) is 1. The van der Waals surface area contributed by atoms with Crippen LogP contribution in [0.25, 0.3) is 0 Å². The first-order chi connectivity index (χ1) is 9.65. The molecule has 2 aliphatic heterocycles. The molecule has 1 aromatic rings. The third kappa shape index (κ3) is 3.22. The van der Waals surface area contributed by atoms with Crippen molar-refractivity contribution in [1.82, 2.24) is 19.6 Å². The van der Waals surface area contributed by atoms with Gasteiger partial charge in [-0.3, -0.25) is 9.58 Å². The van der Waals surface area contributed by atoms with Gasteiger partial charge in [-0.05, 0) is 26.4 Å². The van der Waals surface area contributed by atoms with Crippen molar-refractivity contribution in [2.75, 3.05) is 46.4 Å². The maximum atomic E-state index is 5.88. The van der Waals surface area contributed by atoms with Crippen molar-refractivity contribution >= 4 is 0 Å². The Morgan fingerprint density at radius 1 is 1.30 bits per heavy atom. The topological polar surface area (TPSA) is 33.5 Å². The first-order valence-electron chi connectivity index (χ1n) is 7.61. The highest BCUT2D eigenvalue weighted by Crippen LogP contribution is 2.33. The van der Waals surface area contributed by atoms with Crippen molar-refractivity contribution in [3.05, 3.63) is 18.0 Å². The van der Waals surface area contributed by atoms with Crippen molar-refractivity contribution in [2.24, 2.45) is 12.5 Å². The number of likely N-dealkylation sites (tertiary alicyclic amines) is 1. The molecule has 1 unspecified atom stereocenters. The van der Waals surface area contributed by atoms with Crippen molar-refractivity contribution < 1.29 is 4.74 Å². The molecule has 1 aromatic heterocycles. The predicted octanol–water partition coefficient (Wildman–Crippen LogP) is 0.964. The Hall–Kier alpha value is -0.910. The van der Waals surface area contributed by atoms with Crippen LogP contribution in [-0.4, -0.2) is 66.0 Å². The second-order valence-corrected chi connectivity index (χ2v) is 6.63. The Balaban J connectivity index is 1.66. The lowest BCUT2D eigenvalue weighted by Gasteiger charge is -2.43. The molecule has 0 amide bonds. The van der Waals surface area contributed by atoms with Gasteiger partial charge in [-0.1, -0.05) is 0 Å². The van der Waals surface area contributed by atoms with Gasteiger partial charge in [0.15, 0.2) is 0 Å². The SMILES string of the molecule is CN1CCOCC2(CCCN(Cc3cnn(C)c3)C2)C1. The summed E-state index contributed by atoms with van der Waals surface area (Å²) in [6.45, 7) is 7.37. The Morgan fingerprint density at radius 2 is 2.20 bits per heavy atom. The van der Waals surface area contributed by atoms with Gasteiger partial charge in [0, 0.05) is 50.4 Å².